The average molecular weight is 763 g/mol. The summed E-state index contributed by atoms with van der Waals surface area (Å²) in [7, 11) is 0. The summed E-state index contributed by atoms with van der Waals surface area (Å²) >= 11 is 0. The standard InChI is InChI=1S/C58H38N2/c1-57(2)47-20-10-6-19-40(47)43-32-46-45-31-35(25-29-53(45)60(54(46)33-51(43)57)36-14-4-3-5-15-36)34-24-28-52-44(30-34)42-27-26-41-39-18-9-13-23-50(39)58(55(41)56(42)59-52)48-21-11-7-16-37(48)38-17-8-12-22-49(38)58/h3-33,59H,1-2H3. The maximum Gasteiger partial charge on any atom is 0.0746 e. The van der Waals surface area contributed by atoms with Crippen LogP contribution < -0.4 is 0 Å². The van der Waals surface area contributed by atoms with Crippen molar-refractivity contribution in [3.05, 3.63) is 221 Å². The van der Waals surface area contributed by atoms with E-state index in [4.69, 9.17) is 0 Å². The first-order chi connectivity index (χ1) is 29.5. The molecule has 2 heteroatoms. The fourth-order valence-electron chi connectivity index (χ4n) is 12.0. The van der Waals surface area contributed by atoms with Crippen molar-refractivity contribution in [1.29, 1.82) is 0 Å². The first-order valence-electron chi connectivity index (χ1n) is 21.2. The predicted octanol–water partition coefficient (Wildman–Crippen LogP) is 14.7. The highest BCUT2D eigenvalue weighted by atomic mass is 15.0. The number of hydrogen-bond donors (Lipinski definition) is 1. The van der Waals surface area contributed by atoms with E-state index in [9.17, 15) is 0 Å². The van der Waals surface area contributed by atoms with Gasteiger partial charge in [0.1, 0.15) is 0 Å². The molecule has 0 saturated carbocycles. The topological polar surface area (TPSA) is 20.7 Å². The SMILES string of the molecule is CC1(C)c2ccccc2-c2cc3c4cc(-c5ccc6[nH]c7c8c(ccc7c6c5)-c5ccccc5C85c6ccccc6-c6ccccc65)ccc4n(-c4ccccc4)c3cc21. The van der Waals surface area contributed by atoms with Crippen LogP contribution in [-0.2, 0) is 10.8 Å². The lowest BCUT2D eigenvalue weighted by molar-refractivity contribution is 0.661. The molecule has 0 saturated heterocycles. The second-order valence-corrected chi connectivity index (χ2v) is 17.7. The summed E-state index contributed by atoms with van der Waals surface area (Å²) in [4.78, 5) is 4.02. The van der Waals surface area contributed by atoms with Gasteiger partial charge in [0.25, 0.3) is 0 Å². The zero-order valence-electron chi connectivity index (χ0n) is 33.3. The summed E-state index contributed by atoms with van der Waals surface area (Å²) in [6, 6.07) is 70.8. The Morgan fingerprint density at radius 3 is 1.62 bits per heavy atom. The Morgan fingerprint density at radius 1 is 0.383 bits per heavy atom. The van der Waals surface area contributed by atoms with Crippen LogP contribution in [0.1, 0.15) is 47.2 Å². The number of H-pyrrole nitrogens is 1. The van der Waals surface area contributed by atoms with Crippen molar-refractivity contribution in [1.82, 2.24) is 9.55 Å². The quantitative estimate of drug-likeness (QED) is 0.181. The van der Waals surface area contributed by atoms with Crippen molar-refractivity contribution in [3.8, 4) is 50.2 Å². The predicted molar refractivity (Wildman–Crippen MR) is 249 cm³/mol. The van der Waals surface area contributed by atoms with Crippen molar-refractivity contribution < 1.29 is 0 Å². The lowest BCUT2D eigenvalue weighted by Crippen LogP contribution is -2.26. The first kappa shape index (κ1) is 32.5. The fraction of sp³-hybridized carbons (Fsp3) is 0.0690. The van der Waals surface area contributed by atoms with Gasteiger partial charge in [-0.15, -0.1) is 0 Å². The zero-order chi connectivity index (χ0) is 39.5. The summed E-state index contributed by atoms with van der Waals surface area (Å²) in [5, 5.41) is 5.07. The van der Waals surface area contributed by atoms with Crippen molar-refractivity contribution in [3.63, 3.8) is 0 Å². The number of benzene rings is 9. The van der Waals surface area contributed by atoms with Gasteiger partial charge in [0.05, 0.1) is 22.0 Å². The maximum atomic E-state index is 4.02. The van der Waals surface area contributed by atoms with Crippen LogP contribution in [-0.4, -0.2) is 9.55 Å². The number of aromatic nitrogens is 2. The molecule has 0 amide bonds. The molecule has 0 radical (unpaired) electrons. The lowest BCUT2D eigenvalue weighted by Gasteiger charge is -2.30. The Morgan fingerprint density at radius 2 is 0.933 bits per heavy atom. The van der Waals surface area contributed by atoms with Gasteiger partial charge in [0.15, 0.2) is 0 Å². The molecule has 0 fully saturated rings. The molecule has 1 spiro atoms. The van der Waals surface area contributed by atoms with Gasteiger partial charge in [-0.3, -0.25) is 0 Å². The molecule has 3 aliphatic carbocycles. The van der Waals surface area contributed by atoms with E-state index in [1.807, 2.05) is 0 Å². The molecule has 280 valence electrons. The van der Waals surface area contributed by atoms with Crippen LogP contribution >= 0.6 is 0 Å². The van der Waals surface area contributed by atoms with Crippen LogP contribution in [0, 0.1) is 0 Å². The normalized spacial score (nSPS) is 14.8. The van der Waals surface area contributed by atoms with Crippen molar-refractivity contribution in [2.75, 3.05) is 0 Å². The van der Waals surface area contributed by atoms with Crippen LogP contribution in [0.3, 0.4) is 0 Å². The first-order valence-corrected chi connectivity index (χ1v) is 21.2. The number of fused-ring (bicyclic) bond motifs is 20. The van der Waals surface area contributed by atoms with E-state index >= 15 is 0 Å². The molecule has 14 rings (SSSR count). The van der Waals surface area contributed by atoms with Crippen molar-refractivity contribution in [2.45, 2.75) is 24.7 Å². The fourth-order valence-corrected chi connectivity index (χ4v) is 12.0. The minimum atomic E-state index is -0.407. The second-order valence-electron chi connectivity index (χ2n) is 17.7. The number of aromatic amines is 1. The highest BCUT2D eigenvalue weighted by Crippen LogP contribution is 2.64. The molecular formula is C58H38N2. The number of nitrogens with one attached hydrogen (secondary N) is 1. The molecule has 0 aliphatic heterocycles. The summed E-state index contributed by atoms with van der Waals surface area (Å²) in [6.45, 7) is 4.74. The van der Waals surface area contributed by atoms with Crippen LogP contribution in [0.15, 0.2) is 188 Å². The summed E-state index contributed by atoms with van der Waals surface area (Å²) in [5.74, 6) is 0. The largest absolute Gasteiger partial charge is 0.354 e. The second kappa shape index (κ2) is 11.2. The number of hydrogen-bond acceptors (Lipinski definition) is 0. The number of rotatable bonds is 2. The minimum Gasteiger partial charge on any atom is -0.354 e. The summed E-state index contributed by atoms with van der Waals surface area (Å²) in [5.41, 5.74) is 24.2. The van der Waals surface area contributed by atoms with E-state index in [1.54, 1.807) is 0 Å². The molecule has 0 unspecified atom stereocenters. The van der Waals surface area contributed by atoms with Crippen molar-refractivity contribution >= 4 is 43.6 Å². The van der Waals surface area contributed by atoms with E-state index in [0.717, 1.165) is 5.52 Å². The minimum absolute atomic E-state index is 0.0783. The van der Waals surface area contributed by atoms with Gasteiger partial charge in [-0.25, -0.2) is 0 Å². The van der Waals surface area contributed by atoms with Gasteiger partial charge < -0.3 is 9.55 Å². The summed E-state index contributed by atoms with van der Waals surface area (Å²) < 4.78 is 2.46. The molecule has 1 N–H and O–H groups in total. The molecule has 11 aromatic rings. The third kappa shape index (κ3) is 3.86. The summed E-state index contributed by atoms with van der Waals surface area (Å²) in [6.07, 6.45) is 0. The van der Waals surface area contributed by atoms with E-state index < -0.39 is 5.41 Å². The van der Waals surface area contributed by atoms with Crippen LogP contribution in [0.2, 0.25) is 0 Å². The Balaban J connectivity index is 0.999. The van der Waals surface area contributed by atoms with Gasteiger partial charge in [0, 0.05) is 43.7 Å². The third-order valence-electron chi connectivity index (χ3n) is 14.5. The van der Waals surface area contributed by atoms with Gasteiger partial charge in [-0.1, -0.05) is 153 Å². The Kier molecular flexibility index (Phi) is 6.07. The lowest BCUT2D eigenvalue weighted by atomic mass is 9.70. The van der Waals surface area contributed by atoms with Gasteiger partial charge in [-0.05, 0) is 121 Å². The smallest absolute Gasteiger partial charge is 0.0746 e. The van der Waals surface area contributed by atoms with Crippen molar-refractivity contribution in [2.24, 2.45) is 0 Å². The van der Waals surface area contributed by atoms with E-state index in [2.05, 4.69) is 211 Å². The van der Waals surface area contributed by atoms with E-state index in [0.29, 0.717) is 0 Å². The Labute approximate surface area is 348 Å². The van der Waals surface area contributed by atoms with E-state index in [-0.39, 0.29) is 5.41 Å². The molecule has 2 nitrogen and oxygen atoms in total. The molecule has 0 bridgehead atoms. The van der Waals surface area contributed by atoms with Gasteiger partial charge in [-0.2, -0.15) is 0 Å². The molecule has 2 heterocycles. The monoisotopic (exact) mass is 762 g/mol. The molecular weight excluding hydrogens is 725 g/mol. The molecule has 3 aliphatic rings. The third-order valence-corrected chi connectivity index (χ3v) is 14.5. The Hall–Kier alpha value is -7.42. The average Bonchev–Trinajstić information content (AvgIpc) is 4.06. The molecule has 0 atom stereocenters. The highest BCUT2D eigenvalue weighted by molar-refractivity contribution is 6.15. The van der Waals surface area contributed by atoms with Gasteiger partial charge >= 0.3 is 0 Å². The van der Waals surface area contributed by atoms with Crippen LogP contribution in [0.4, 0.5) is 0 Å². The highest BCUT2D eigenvalue weighted by Gasteiger charge is 2.52. The van der Waals surface area contributed by atoms with Crippen LogP contribution in [0.25, 0.3) is 93.8 Å². The molecule has 60 heavy (non-hydrogen) atoms. The maximum absolute atomic E-state index is 4.02. The zero-order valence-corrected chi connectivity index (χ0v) is 33.3. The number of nitrogens with zero attached hydrogens (tertiary/aromatic N) is 1. The Bertz CT molecular complexity index is 3620. The molecule has 2 aromatic heterocycles. The van der Waals surface area contributed by atoms with Crippen LogP contribution in [0.5, 0.6) is 0 Å². The molecule has 9 aromatic carbocycles. The number of para-hydroxylation sites is 1. The van der Waals surface area contributed by atoms with E-state index in [1.165, 1.54) is 122 Å². The van der Waals surface area contributed by atoms with Gasteiger partial charge in [0.2, 0.25) is 0 Å².